The van der Waals surface area contributed by atoms with E-state index in [-0.39, 0.29) is 11.1 Å². The van der Waals surface area contributed by atoms with E-state index in [1.807, 2.05) is 6.92 Å². The second kappa shape index (κ2) is 6.54. The smallest absolute Gasteiger partial charge is 0.369 e. The van der Waals surface area contributed by atoms with Crippen molar-refractivity contribution in [3.8, 4) is 5.19 Å². The lowest BCUT2D eigenvalue weighted by molar-refractivity contribution is 0.0525. The van der Waals surface area contributed by atoms with Crippen LogP contribution in [0, 0.1) is 5.92 Å². The molecule has 1 aromatic heterocycles. The predicted molar refractivity (Wildman–Crippen MR) is 65.4 cm³/mol. The number of carbonyl (C=O) groups excluding carboxylic acids is 1. The molecule has 0 aliphatic rings. The fraction of sp³-hybridized carbons (Fsp3) is 0.727. The molecule has 0 radical (unpaired) electrons. The van der Waals surface area contributed by atoms with Gasteiger partial charge in [0.15, 0.2) is 0 Å². The van der Waals surface area contributed by atoms with E-state index < -0.39 is 5.97 Å². The highest BCUT2D eigenvalue weighted by Gasteiger charge is 2.16. The van der Waals surface area contributed by atoms with Crippen LogP contribution >= 0.6 is 11.3 Å². The van der Waals surface area contributed by atoms with Gasteiger partial charge in [-0.25, -0.2) is 4.79 Å². The van der Waals surface area contributed by atoms with Crippen molar-refractivity contribution in [1.29, 1.82) is 0 Å². The Morgan fingerprint density at radius 2 is 2.06 bits per heavy atom. The van der Waals surface area contributed by atoms with Gasteiger partial charge >= 0.3 is 5.97 Å². The van der Waals surface area contributed by atoms with Crippen LogP contribution < -0.4 is 4.74 Å². The van der Waals surface area contributed by atoms with E-state index in [1.165, 1.54) is 0 Å². The Balaban J connectivity index is 2.53. The van der Waals surface area contributed by atoms with E-state index in [2.05, 4.69) is 24.0 Å². The second-order valence-electron chi connectivity index (χ2n) is 4.15. The van der Waals surface area contributed by atoms with Gasteiger partial charge in [-0.15, -0.1) is 5.10 Å². The van der Waals surface area contributed by atoms with Crippen LogP contribution in [-0.2, 0) is 4.74 Å². The molecule has 1 unspecified atom stereocenters. The molecule has 17 heavy (non-hydrogen) atoms. The highest BCUT2D eigenvalue weighted by molar-refractivity contribution is 7.14. The Labute approximate surface area is 105 Å². The van der Waals surface area contributed by atoms with Crippen LogP contribution in [0.25, 0.3) is 0 Å². The summed E-state index contributed by atoms with van der Waals surface area (Å²) in [4.78, 5) is 11.4. The average molecular weight is 258 g/mol. The molecule has 0 spiro atoms. The summed E-state index contributed by atoms with van der Waals surface area (Å²) in [6, 6.07) is 0. The molecule has 96 valence electrons. The van der Waals surface area contributed by atoms with Crippen LogP contribution in [0.2, 0.25) is 0 Å². The zero-order valence-electron chi connectivity index (χ0n) is 10.6. The fourth-order valence-corrected chi connectivity index (χ4v) is 2.10. The third kappa shape index (κ3) is 4.68. The first-order valence-corrected chi connectivity index (χ1v) is 6.51. The number of aromatic nitrogens is 2. The van der Waals surface area contributed by atoms with E-state index in [9.17, 15) is 4.79 Å². The molecule has 1 atom stereocenters. The topological polar surface area (TPSA) is 61.3 Å². The molecule has 1 heterocycles. The highest BCUT2D eigenvalue weighted by Crippen LogP contribution is 2.21. The van der Waals surface area contributed by atoms with Crippen molar-refractivity contribution in [2.24, 2.45) is 5.92 Å². The minimum Gasteiger partial charge on any atom is -0.466 e. The molecule has 0 bridgehead atoms. The van der Waals surface area contributed by atoms with Gasteiger partial charge in [0.25, 0.3) is 5.19 Å². The Bertz CT molecular complexity index is 365. The van der Waals surface area contributed by atoms with Gasteiger partial charge in [0.2, 0.25) is 5.01 Å². The van der Waals surface area contributed by atoms with Crippen molar-refractivity contribution >= 4 is 17.3 Å². The summed E-state index contributed by atoms with van der Waals surface area (Å²) < 4.78 is 10.4. The highest BCUT2D eigenvalue weighted by atomic mass is 32.1. The van der Waals surface area contributed by atoms with Gasteiger partial charge in [-0.2, -0.15) is 0 Å². The van der Waals surface area contributed by atoms with Gasteiger partial charge in [0.05, 0.1) is 12.7 Å². The molecule has 1 aromatic rings. The van der Waals surface area contributed by atoms with E-state index >= 15 is 0 Å². The van der Waals surface area contributed by atoms with Crippen LogP contribution in [0.3, 0.4) is 0 Å². The Hall–Kier alpha value is -1.17. The molecular formula is C11H18N2O3S. The zero-order valence-corrected chi connectivity index (χ0v) is 11.4. The van der Waals surface area contributed by atoms with Gasteiger partial charge in [-0.1, -0.05) is 18.9 Å². The lowest BCUT2D eigenvalue weighted by Gasteiger charge is -2.13. The molecule has 0 saturated carbocycles. The number of hydrogen-bond acceptors (Lipinski definition) is 6. The summed E-state index contributed by atoms with van der Waals surface area (Å²) in [6.07, 6.45) is 1.01. The van der Waals surface area contributed by atoms with E-state index in [0.29, 0.717) is 17.7 Å². The van der Waals surface area contributed by atoms with Gasteiger partial charge < -0.3 is 9.47 Å². The first kappa shape index (κ1) is 13.9. The number of esters is 1. The molecule has 0 aromatic carbocycles. The first-order chi connectivity index (χ1) is 8.02. The molecule has 6 heteroatoms. The Morgan fingerprint density at radius 3 is 2.65 bits per heavy atom. The molecular weight excluding hydrogens is 240 g/mol. The average Bonchev–Trinajstić information content (AvgIpc) is 2.65. The van der Waals surface area contributed by atoms with Crippen molar-refractivity contribution in [2.75, 3.05) is 6.61 Å². The summed E-state index contributed by atoms with van der Waals surface area (Å²) in [7, 11) is 0. The largest absolute Gasteiger partial charge is 0.466 e. The summed E-state index contributed by atoms with van der Waals surface area (Å²) >= 11 is 1.12. The predicted octanol–water partition coefficient (Wildman–Crippen LogP) is 2.53. The SMILES string of the molecule is CCOC(=O)c1nnc(OC(C)CC(C)C)s1. The lowest BCUT2D eigenvalue weighted by Crippen LogP contribution is -2.14. The van der Waals surface area contributed by atoms with Crippen molar-refractivity contribution in [3.63, 3.8) is 0 Å². The number of rotatable bonds is 6. The summed E-state index contributed by atoms with van der Waals surface area (Å²) in [5, 5.41) is 8.20. The van der Waals surface area contributed by atoms with Crippen LogP contribution in [0.4, 0.5) is 0 Å². The van der Waals surface area contributed by atoms with Crippen LogP contribution in [0.5, 0.6) is 5.19 Å². The van der Waals surface area contributed by atoms with Crippen LogP contribution in [-0.4, -0.2) is 28.9 Å². The first-order valence-electron chi connectivity index (χ1n) is 5.70. The molecule has 0 aliphatic heterocycles. The number of ether oxygens (including phenoxy) is 2. The maximum absolute atomic E-state index is 11.4. The van der Waals surface area contributed by atoms with Crippen LogP contribution in [0.1, 0.15) is 43.9 Å². The standard InChI is InChI=1S/C11H18N2O3S/c1-5-15-10(14)9-12-13-11(17-9)16-8(4)6-7(2)3/h7-8H,5-6H2,1-4H3. The quantitative estimate of drug-likeness (QED) is 0.734. The van der Waals surface area contributed by atoms with E-state index in [4.69, 9.17) is 9.47 Å². The summed E-state index contributed by atoms with van der Waals surface area (Å²) in [5.74, 6) is 0.110. The Morgan fingerprint density at radius 1 is 1.35 bits per heavy atom. The third-order valence-corrected chi connectivity index (χ3v) is 2.76. The molecule has 0 aliphatic carbocycles. The van der Waals surface area contributed by atoms with E-state index in [0.717, 1.165) is 17.8 Å². The normalized spacial score (nSPS) is 12.5. The lowest BCUT2D eigenvalue weighted by atomic mass is 10.1. The fourth-order valence-electron chi connectivity index (χ4n) is 1.42. The monoisotopic (exact) mass is 258 g/mol. The maximum Gasteiger partial charge on any atom is 0.369 e. The molecule has 0 amide bonds. The number of hydrogen-bond donors (Lipinski definition) is 0. The molecule has 0 N–H and O–H groups in total. The second-order valence-corrected chi connectivity index (χ2v) is 5.09. The van der Waals surface area contributed by atoms with E-state index in [1.54, 1.807) is 6.92 Å². The van der Waals surface area contributed by atoms with Crippen molar-refractivity contribution < 1.29 is 14.3 Å². The van der Waals surface area contributed by atoms with Crippen LogP contribution in [0.15, 0.2) is 0 Å². The zero-order chi connectivity index (χ0) is 12.8. The van der Waals surface area contributed by atoms with Crippen molar-refractivity contribution in [1.82, 2.24) is 10.2 Å². The molecule has 1 rings (SSSR count). The number of carbonyl (C=O) groups is 1. The molecule has 0 saturated heterocycles. The van der Waals surface area contributed by atoms with Gasteiger partial charge in [-0.3, -0.25) is 0 Å². The molecule has 0 fully saturated rings. The summed E-state index contributed by atoms with van der Waals surface area (Å²) in [5.41, 5.74) is 0. The van der Waals surface area contributed by atoms with Crippen molar-refractivity contribution in [2.45, 2.75) is 40.2 Å². The number of nitrogens with zero attached hydrogens (tertiary/aromatic N) is 2. The molecule has 5 nitrogen and oxygen atoms in total. The maximum atomic E-state index is 11.4. The summed E-state index contributed by atoms with van der Waals surface area (Å²) in [6.45, 7) is 8.32. The van der Waals surface area contributed by atoms with Crippen molar-refractivity contribution in [3.05, 3.63) is 5.01 Å². The Kier molecular flexibility index (Phi) is 5.34. The minimum atomic E-state index is -0.448. The third-order valence-electron chi connectivity index (χ3n) is 1.96. The van der Waals surface area contributed by atoms with Gasteiger partial charge in [-0.05, 0) is 37.5 Å². The van der Waals surface area contributed by atoms with Gasteiger partial charge in [0.1, 0.15) is 0 Å². The van der Waals surface area contributed by atoms with Gasteiger partial charge in [0, 0.05) is 0 Å². The minimum absolute atomic E-state index is 0.0676.